The Morgan fingerprint density at radius 3 is 2.65 bits per heavy atom. The van der Waals surface area contributed by atoms with Crippen LogP contribution >= 0.6 is 0 Å². The highest BCUT2D eigenvalue weighted by atomic mass is 16.3. The molecule has 92 valence electrons. The minimum absolute atomic E-state index is 0.153. The summed E-state index contributed by atoms with van der Waals surface area (Å²) in [5.41, 5.74) is 0.153. The molecule has 0 bridgehead atoms. The first-order valence-electron chi connectivity index (χ1n) is 5.80. The summed E-state index contributed by atoms with van der Waals surface area (Å²) in [6.07, 6.45) is 2.32. The van der Waals surface area contributed by atoms with Gasteiger partial charge in [0.25, 0.3) is 5.91 Å². The molecule has 4 heteroatoms. The van der Waals surface area contributed by atoms with Crippen LogP contribution in [0.25, 0.3) is 0 Å². The van der Waals surface area contributed by atoms with Crippen LogP contribution < -0.4 is 0 Å². The van der Waals surface area contributed by atoms with Gasteiger partial charge in [0.1, 0.15) is 0 Å². The van der Waals surface area contributed by atoms with Gasteiger partial charge in [-0.2, -0.15) is 0 Å². The maximum atomic E-state index is 12.1. The lowest BCUT2D eigenvalue weighted by Gasteiger charge is -2.25. The normalized spacial score (nSPS) is 16.6. The summed E-state index contributed by atoms with van der Waals surface area (Å²) in [5.74, 6) is -0.281. The van der Waals surface area contributed by atoms with Crippen LogP contribution in [0.15, 0.2) is 18.2 Å². The second kappa shape index (κ2) is 4.28. The van der Waals surface area contributed by atoms with Crippen molar-refractivity contribution in [2.45, 2.75) is 25.8 Å². The van der Waals surface area contributed by atoms with Gasteiger partial charge in [-0.1, -0.05) is 6.07 Å². The van der Waals surface area contributed by atoms with E-state index < -0.39 is 0 Å². The number of hydrogen-bond acceptors (Lipinski definition) is 3. The Morgan fingerprint density at radius 2 is 2.06 bits per heavy atom. The third kappa shape index (κ3) is 2.20. The number of aromatic hydroxyl groups is 2. The molecule has 1 aromatic rings. The fourth-order valence-corrected chi connectivity index (χ4v) is 1.97. The van der Waals surface area contributed by atoms with Crippen LogP contribution in [-0.4, -0.2) is 34.1 Å². The largest absolute Gasteiger partial charge is 0.504 e. The van der Waals surface area contributed by atoms with Crippen molar-refractivity contribution < 1.29 is 15.0 Å². The zero-order valence-corrected chi connectivity index (χ0v) is 10.1. The Morgan fingerprint density at radius 1 is 1.41 bits per heavy atom. The zero-order valence-electron chi connectivity index (χ0n) is 10.1. The van der Waals surface area contributed by atoms with Crippen molar-refractivity contribution in [1.29, 1.82) is 0 Å². The number of carbonyl (C=O) groups is 1. The number of nitrogens with zero attached hydrogens (tertiary/aromatic N) is 1. The fourth-order valence-electron chi connectivity index (χ4n) is 1.97. The van der Waals surface area contributed by atoms with Gasteiger partial charge < -0.3 is 15.1 Å². The molecule has 1 amide bonds. The van der Waals surface area contributed by atoms with Crippen molar-refractivity contribution in [2.75, 3.05) is 7.05 Å². The van der Waals surface area contributed by atoms with Crippen molar-refractivity contribution in [3.63, 3.8) is 0 Å². The maximum Gasteiger partial charge on any atom is 0.257 e. The number of carbonyl (C=O) groups excluding carboxylic acids is 1. The minimum Gasteiger partial charge on any atom is -0.504 e. The molecule has 17 heavy (non-hydrogen) atoms. The Balaban J connectivity index is 2.21. The third-order valence-corrected chi connectivity index (χ3v) is 3.48. The molecular formula is C13H17NO3. The number of phenolic OH excluding ortho intramolecular Hbond substituents is 2. The molecule has 1 aromatic carbocycles. The summed E-state index contributed by atoms with van der Waals surface area (Å²) < 4.78 is 0. The van der Waals surface area contributed by atoms with E-state index in [9.17, 15) is 15.0 Å². The van der Waals surface area contributed by atoms with Crippen LogP contribution in [0.2, 0.25) is 0 Å². The van der Waals surface area contributed by atoms with E-state index in [4.69, 9.17) is 0 Å². The molecule has 0 spiro atoms. The maximum absolute atomic E-state index is 12.1. The van der Waals surface area contributed by atoms with Gasteiger partial charge in [-0.3, -0.25) is 4.79 Å². The first-order chi connectivity index (χ1) is 8.02. The molecule has 2 rings (SSSR count). The average Bonchev–Trinajstić information content (AvgIpc) is 3.14. The van der Waals surface area contributed by atoms with E-state index in [2.05, 4.69) is 0 Å². The van der Waals surface area contributed by atoms with Gasteiger partial charge in [0.05, 0.1) is 5.56 Å². The van der Waals surface area contributed by atoms with Crippen LogP contribution in [0.4, 0.5) is 0 Å². The molecule has 0 radical (unpaired) electrons. The Labute approximate surface area is 100 Å². The second-order valence-corrected chi connectivity index (χ2v) is 4.67. The number of phenols is 2. The van der Waals surface area contributed by atoms with E-state index in [1.165, 1.54) is 12.1 Å². The predicted molar refractivity (Wildman–Crippen MR) is 64.1 cm³/mol. The van der Waals surface area contributed by atoms with Crippen LogP contribution in [0.1, 0.15) is 30.1 Å². The van der Waals surface area contributed by atoms with Gasteiger partial charge in [-0.05, 0) is 37.8 Å². The third-order valence-electron chi connectivity index (χ3n) is 3.48. The highest BCUT2D eigenvalue weighted by Gasteiger charge is 2.33. The van der Waals surface area contributed by atoms with Crippen LogP contribution in [0.5, 0.6) is 11.5 Å². The topological polar surface area (TPSA) is 60.8 Å². The van der Waals surface area contributed by atoms with Gasteiger partial charge >= 0.3 is 0 Å². The molecule has 1 atom stereocenters. The first kappa shape index (κ1) is 11.8. The quantitative estimate of drug-likeness (QED) is 0.787. The Hall–Kier alpha value is -1.71. The van der Waals surface area contributed by atoms with E-state index >= 15 is 0 Å². The van der Waals surface area contributed by atoms with E-state index in [1.54, 1.807) is 18.0 Å². The molecule has 1 fully saturated rings. The standard InChI is InChI=1S/C13H17NO3/c1-8(9-6-7-9)14(2)13(17)10-4-3-5-11(15)12(10)16/h3-5,8-9,15-16H,6-7H2,1-2H3. The lowest BCUT2D eigenvalue weighted by molar-refractivity contribution is 0.0723. The summed E-state index contributed by atoms with van der Waals surface area (Å²) in [7, 11) is 1.73. The summed E-state index contributed by atoms with van der Waals surface area (Å²) in [5, 5.41) is 19.0. The van der Waals surface area contributed by atoms with E-state index in [1.807, 2.05) is 6.92 Å². The average molecular weight is 235 g/mol. The van der Waals surface area contributed by atoms with Crippen molar-refractivity contribution in [3.8, 4) is 11.5 Å². The second-order valence-electron chi connectivity index (χ2n) is 4.67. The molecule has 0 aromatic heterocycles. The zero-order chi connectivity index (χ0) is 12.6. The molecule has 1 aliphatic carbocycles. The molecule has 2 N–H and O–H groups in total. The molecule has 1 aliphatic rings. The Bertz CT molecular complexity index is 440. The van der Waals surface area contributed by atoms with E-state index in [-0.39, 0.29) is 29.0 Å². The van der Waals surface area contributed by atoms with Gasteiger partial charge in [-0.15, -0.1) is 0 Å². The fraction of sp³-hybridized carbons (Fsp3) is 0.462. The molecule has 0 aliphatic heterocycles. The van der Waals surface area contributed by atoms with Crippen LogP contribution in [0, 0.1) is 5.92 Å². The number of benzene rings is 1. The van der Waals surface area contributed by atoms with Gasteiger partial charge in [0, 0.05) is 13.1 Å². The Kier molecular flexibility index (Phi) is 2.96. The molecule has 1 saturated carbocycles. The van der Waals surface area contributed by atoms with Crippen molar-refractivity contribution in [3.05, 3.63) is 23.8 Å². The summed E-state index contributed by atoms with van der Waals surface area (Å²) in [4.78, 5) is 13.8. The molecule has 0 heterocycles. The molecule has 4 nitrogen and oxygen atoms in total. The van der Waals surface area contributed by atoms with Crippen LogP contribution in [-0.2, 0) is 0 Å². The predicted octanol–water partition coefficient (Wildman–Crippen LogP) is 1.97. The number of hydrogen-bond donors (Lipinski definition) is 2. The lowest BCUT2D eigenvalue weighted by Crippen LogP contribution is -2.36. The molecule has 1 unspecified atom stereocenters. The number of amides is 1. The highest BCUT2D eigenvalue weighted by Crippen LogP contribution is 2.36. The molecule has 0 saturated heterocycles. The minimum atomic E-state index is -0.340. The summed E-state index contributed by atoms with van der Waals surface area (Å²) in [6.45, 7) is 2.01. The molecular weight excluding hydrogens is 218 g/mol. The lowest BCUT2D eigenvalue weighted by atomic mass is 10.1. The van der Waals surface area contributed by atoms with Crippen molar-refractivity contribution in [2.24, 2.45) is 5.92 Å². The smallest absolute Gasteiger partial charge is 0.257 e. The summed E-state index contributed by atoms with van der Waals surface area (Å²) >= 11 is 0. The van der Waals surface area contributed by atoms with Gasteiger partial charge in [0.15, 0.2) is 11.5 Å². The van der Waals surface area contributed by atoms with Gasteiger partial charge in [-0.25, -0.2) is 0 Å². The van der Waals surface area contributed by atoms with Crippen molar-refractivity contribution >= 4 is 5.91 Å². The van der Waals surface area contributed by atoms with E-state index in [0.717, 1.165) is 12.8 Å². The van der Waals surface area contributed by atoms with Crippen molar-refractivity contribution in [1.82, 2.24) is 4.90 Å². The first-order valence-corrected chi connectivity index (χ1v) is 5.80. The SMILES string of the molecule is CC(C1CC1)N(C)C(=O)c1cccc(O)c1O. The highest BCUT2D eigenvalue weighted by molar-refractivity contribution is 5.97. The van der Waals surface area contributed by atoms with E-state index in [0.29, 0.717) is 5.92 Å². The number of rotatable bonds is 3. The summed E-state index contributed by atoms with van der Waals surface area (Å²) in [6, 6.07) is 4.60. The van der Waals surface area contributed by atoms with Gasteiger partial charge in [0.2, 0.25) is 0 Å². The number of para-hydroxylation sites is 1. The monoisotopic (exact) mass is 235 g/mol. The van der Waals surface area contributed by atoms with Crippen LogP contribution in [0.3, 0.4) is 0 Å².